The lowest BCUT2D eigenvalue weighted by molar-refractivity contribution is -0.132. The Labute approximate surface area is 236 Å². The number of fused-ring (bicyclic) bond motifs is 1. The number of ether oxygens (including phenoxy) is 3. The number of rotatable bonds is 7. The fraction of sp³-hybridized carbons (Fsp3) is 0.179. The van der Waals surface area contributed by atoms with Crippen LogP contribution in [0.15, 0.2) is 64.6 Å². The molecule has 1 aliphatic heterocycles. The molecule has 4 aromatic rings. The molecule has 0 saturated carbocycles. The first-order chi connectivity index (χ1) is 18.8. The lowest BCUT2D eigenvalue weighted by Crippen LogP contribution is -2.29. The van der Waals surface area contributed by atoms with Gasteiger partial charge in [0.25, 0.3) is 5.78 Å². The number of phenolic OH excluding ortho intramolecular Hbond substituents is 1. The summed E-state index contributed by atoms with van der Waals surface area (Å²) in [7, 11) is 2.95. The average molecular weight is 611 g/mol. The molecule has 200 valence electrons. The van der Waals surface area contributed by atoms with Crippen LogP contribution in [0.25, 0.3) is 16.0 Å². The van der Waals surface area contributed by atoms with Crippen LogP contribution < -0.4 is 19.1 Å². The normalized spacial score (nSPS) is 16.6. The Hall–Kier alpha value is -4.09. The number of carbonyl (C=O) groups is 2. The highest BCUT2D eigenvalue weighted by atomic mass is 79.9. The number of thiazole rings is 1. The number of ketones is 1. The summed E-state index contributed by atoms with van der Waals surface area (Å²) in [6, 6.07) is 14.0. The maximum Gasteiger partial charge on any atom is 0.301 e. The Bertz CT molecular complexity index is 1650. The van der Waals surface area contributed by atoms with E-state index in [0.29, 0.717) is 34.7 Å². The predicted octanol–water partition coefficient (Wildman–Crippen LogP) is 5.81. The standard InChI is InChI=1S/C28H23BrN2O7S/c1-4-38-17-7-5-6-14(10-17)24(32)22-23(15-11-18(29)25(33)20(12-15)37-3)31(27(35)26(22)34)28-30-19-9-8-16(36-2)13-21(19)39-28/h5-13,23,32-33H,4H2,1-3H3/b24-22+. The number of phenols is 1. The van der Waals surface area contributed by atoms with Crippen LogP contribution in [-0.2, 0) is 9.59 Å². The summed E-state index contributed by atoms with van der Waals surface area (Å²) in [5.41, 5.74) is 1.20. The molecule has 3 aromatic carbocycles. The van der Waals surface area contributed by atoms with Gasteiger partial charge >= 0.3 is 5.91 Å². The second-order valence-corrected chi connectivity index (χ2v) is 10.4. The molecule has 39 heavy (non-hydrogen) atoms. The second-order valence-electron chi connectivity index (χ2n) is 8.51. The first kappa shape index (κ1) is 26.5. The Morgan fingerprint density at radius 1 is 1.08 bits per heavy atom. The maximum absolute atomic E-state index is 13.6. The van der Waals surface area contributed by atoms with Gasteiger partial charge in [-0.05, 0) is 70.9 Å². The quantitative estimate of drug-likeness (QED) is 0.153. The number of aromatic hydroxyl groups is 1. The van der Waals surface area contributed by atoms with Gasteiger partial charge in [-0.25, -0.2) is 4.98 Å². The van der Waals surface area contributed by atoms with E-state index in [0.717, 1.165) is 4.70 Å². The molecule has 1 unspecified atom stereocenters. The summed E-state index contributed by atoms with van der Waals surface area (Å²) in [5.74, 6) is -0.990. The Balaban J connectivity index is 1.75. The summed E-state index contributed by atoms with van der Waals surface area (Å²) in [6.07, 6.45) is 0. The fourth-order valence-electron chi connectivity index (χ4n) is 4.43. The van der Waals surface area contributed by atoms with Crippen LogP contribution in [-0.4, -0.2) is 47.7 Å². The molecular formula is C28H23BrN2O7S. The van der Waals surface area contributed by atoms with E-state index in [2.05, 4.69) is 20.9 Å². The number of aliphatic hydroxyl groups is 1. The van der Waals surface area contributed by atoms with Crippen molar-refractivity contribution in [2.45, 2.75) is 13.0 Å². The number of amides is 1. The average Bonchev–Trinajstić information content (AvgIpc) is 3.47. The Morgan fingerprint density at radius 2 is 1.87 bits per heavy atom. The van der Waals surface area contributed by atoms with Gasteiger partial charge in [-0.2, -0.15) is 0 Å². The van der Waals surface area contributed by atoms with E-state index in [1.807, 2.05) is 6.92 Å². The number of aliphatic hydroxyl groups excluding tert-OH is 1. The number of benzene rings is 3. The number of methoxy groups -OCH3 is 2. The third-order valence-electron chi connectivity index (χ3n) is 6.24. The molecule has 1 aromatic heterocycles. The van der Waals surface area contributed by atoms with Gasteiger partial charge in [-0.15, -0.1) is 0 Å². The predicted molar refractivity (Wildman–Crippen MR) is 151 cm³/mol. The molecule has 1 aliphatic rings. The maximum atomic E-state index is 13.6. The minimum atomic E-state index is -1.07. The van der Waals surface area contributed by atoms with E-state index >= 15 is 0 Å². The number of hydrogen-bond acceptors (Lipinski definition) is 9. The minimum absolute atomic E-state index is 0.123. The molecule has 1 fully saturated rings. The van der Waals surface area contributed by atoms with Gasteiger partial charge in [0.15, 0.2) is 16.6 Å². The monoisotopic (exact) mass is 610 g/mol. The first-order valence-electron chi connectivity index (χ1n) is 11.8. The summed E-state index contributed by atoms with van der Waals surface area (Å²) >= 11 is 4.53. The zero-order valence-corrected chi connectivity index (χ0v) is 23.5. The topological polar surface area (TPSA) is 118 Å². The first-order valence-corrected chi connectivity index (χ1v) is 13.4. The highest BCUT2D eigenvalue weighted by Gasteiger charge is 2.48. The molecule has 2 N–H and O–H groups in total. The molecule has 0 aliphatic carbocycles. The Morgan fingerprint density at radius 3 is 2.59 bits per heavy atom. The largest absolute Gasteiger partial charge is 0.507 e. The van der Waals surface area contributed by atoms with Crippen molar-refractivity contribution < 1.29 is 34.0 Å². The van der Waals surface area contributed by atoms with Crippen LogP contribution in [0.3, 0.4) is 0 Å². The molecule has 0 spiro atoms. The lowest BCUT2D eigenvalue weighted by atomic mass is 9.95. The van der Waals surface area contributed by atoms with Crippen molar-refractivity contribution in [3.8, 4) is 23.0 Å². The van der Waals surface area contributed by atoms with Crippen LogP contribution >= 0.6 is 27.3 Å². The number of anilines is 1. The van der Waals surface area contributed by atoms with Crippen molar-refractivity contribution in [2.75, 3.05) is 25.7 Å². The molecule has 0 bridgehead atoms. The van der Waals surface area contributed by atoms with E-state index in [9.17, 15) is 19.8 Å². The van der Waals surface area contributed by atoms with Gasteiger partial charge in [0.05, 0.1) is 47.1 Å². The molecule has 11 heteroatoms. The van der Waals surface area contributed by atoms with Crippen molar-refractivity contribution in [2.24, 2.45) is 0 Å². The molecule has 1 amide bonds. The van der Waals surface area contributed by atoms with Gasteiger partial charge < -0.3 is 24.4 Å². The minimum Gasteiger partial charge on any atom is -0.507 e. The number of aromatic nitrogens is 1. The smallest absolute Gasteiger partial charge is 0.301 e. The third-order valence-corrected chi connectivity index (χ3v) is 7.86. The van der Waals surface area contributed by atoms with E-state index in [1.54, 1.807) is 55.6 Å². The van der Waals surface area contributed by atoms with E-state index in [1.165, 1.54) is 29.4 Å². The number of halogens is 1. The van der Waals surface area contributed by atoms with Crippen molar-refractivity contribution in [3.05, 3.63) is 75.8 Å². The summed E-state index contributed by atoms with van der Waals surface area (Å²) < 4.78 is 17.2. The third kappa shape index (κ3) is 4.68. The number of nitrogens with zero attached hydrogens (tertiary/aromatic N) is 2. The summed E-state index contributed by atoms with van der Waals surface area (Å²) in [4.78, 5) is 33.0. The van der Waals surface area contributed by atoms with Gasteiger partial charge in [0.1, 0.15) is 17.3 Å². The van der Waals surface area contributed by atoms with E-state index < -0.39 is 17.7 Å². The molecule has 1 atom stereocenters. The van der Waals surface area contributed by atoms with Gasteiger partial charge in [-0.1, -0.05) is 23.5 Å². The molecular weight excluding hydrogens is 588 g/mol. The highest BCUT2D eigenvalue weighted by Crippen LogP contribution is 2.47. The van der Waals surface area contributed by atoms with Crippen LogP contribution in [0.1, 0.15) is 24.1 Å². The van der Waals surface area contributed by atoms with Crippen molar-refractivity contribution in [3.63, 3.8) is 0 Å². The molecule has 2 heterocycles. The Kier molecular flexibility index (Phi) is 7.19. The SMILES string of the molecule is CCOc1cccc(/C(O)=C2\C(=O)C(=O)N(c3nc4ccc(OC)cc4s3)C2c2cc(Br)c(O)c(OC)c2)c1. The lowest BCUT2D eigenvalue weighted by Gasteiger charge is -2.24. The molecule has 0 radical (unpaired) electrons. The number of carbonyl (C=O) groups excluding carboxylic acids is 2. The zero-order chi connectivity index (χ0) is 27.8. The second kappa shape index (κ2) is 10.6. The van der Waals surface area contributed by atoms with Gasteiger partial charge in [0.2, 0.25) is 0 Å². The van der Waals surface area contributed by atoms with Crippen LogP contribution in [0.4, 0.5) is 5.13 Å². The van der Waals surface area contributed by atoms with Crippen LogP contribution in [0.2, 0.25) is 0 Å². The molecule has 5 rings (SSSR count). The van der Waals surface area contributed by atoms with E-state index in [4.69, 9.17) is 14.2 Å². The van der Waals surface area contributed by atoms with Crippen molar-refractivity contribution in [1.82, 2.24) is 4.98 Å². The molecule has 1 saturated heterocycles. The van der Waals surface area contributed by atoms with Crippen molar-refractivity contribution >= 4 is 60.1 Å². The van der Waals surface area contributed by atoms with Crippen molar-refractivity contribution in [1.29, 1.82) is 0 Å². The number of Topliss-reactive ketones (excluding diaryl/α,β-unsaturated/α-hetero) is 1. The summed E-state index contributed by atoms with van der Waals surface area (Å²) in [5, 5.41) is 22.1. The summed E-state index contributed by atoms with van der Waals surface area (Å²) in [6.45, 7) is 2.25. The van der Waals surface area contributed by atoms with E-state index in [-0.39, 0.29) is 32.4 Å². The fourth-order valence-corrected chi connectivity index (χ4v) is 5.91. The van der Waals surface area contributed by atoms with Crippen LogP contribution in [0, 0.1) is 0 Å². The van der Waals surface area contributed by atoms with Gasteiger partial charge in [0, 0.05) is 5.56 Å². The zero-order valence-electron chi connectivity index (χ0n) is 21.1. The highest BCUT2D eigenvalue weighted by molar-refractivity contribution is 9.10. The van der Waals surface area contributed by atoms with Crippen LogP contribution in [0.5, 0.6) is 23.0 Å². The molecule has 9 nitrogen and oxygen atoms in total. The van der Waals surface area contributed by atoms with Gasteiger partial charge in [-0.3, -0.25) is 14.5 Å². The number of hydrogen-bond donors (Lipinski definition) is 2.